The molecule has 2 aromatic carbocycles. The van der Waals surface area contributed by atoms with Gasteiger partial charge in [-0.1, -0.05) is 36.4 Å². The zero-order chi connectivity index (χ0) is 20.3. The van der Waals surface area contributed by atoms with E-state index in [1.54, 1.807) is 12.1 Å². The minimum absolute atomic E-state index is 0.00625. The molecule has 1 heterocycles. The van der Waals surface area contributed by atoms with E-state index in [9.17, 15) is 14.7 Å². The van der Waals surface area contributed by atoms with E-state index in [0.717, 1.165) is 43.6 Å². The molecular weight excluding hydrogens is 366 g/mol. The molecule has 2 fully saturated rings. The fourth-order valence-electron chi connectivity index (χ4n) is 4.22. The fourth-order valence-corrected chi connectivity index (χ4v) is 4.22. The van der Waals surface area contributed by atoms with Gasteiger partial charge in [0.05, 0.1) is 17.1 Å². The number of anilines is 1. The lowest BCUT2D eigenvalue weighted by Gasteiger charge is -2.27. The lowest BCUT2D eigenvalue weighted by molar-refractivity contribution is -0.124. The number of hydrogen-bond donors (Lipinski definition) is 3. The highest BCUT2D eigenvalue weighted by molar-refractivity contribution is 5.92. The first-order chi connectivity index (χ1) is 14.1. The lowest BCUT2D eigenvalue weighted by Crippen LogP contribution is -2.41. The molecule has 2 aliphatic rings. The molecule has 2 amide bonds. The summed E-state index contributed by atoms with van der Waals surface area (Å²) in [5.41, 5.74) is 1.67. The third kappa shape index (κ3) is 4.12. The van der Waals surface area contributed by atoms with Gasteiger partial charge in [0, 0.05) is 6.54 Å². The lowest BCUT2D eigenvalue weighted by atomic mass is 9.93. The maximum Gasteiger partial charge on any atom is 0.231 e. The minimum Gasteiger partial charge on any atom is -0.506 e. The van der Waals surface area contributed by atoms with Gasteiger partial charge in [-0.05, 0) is 62.0 Å². The molecule has 0 radical (unpaired) electrons. The Kier molecular flexibility index (Phi) is 5.53. The number of carbonyl (C=O) groups is 2. The van der Waals surface area contributed by atoms with Crippen molar-refractivity contribution in [3.63, 3.8) is 0 Å². The van der Waals surface area contributed by atoms with Crippen LogP contribution in [-0.4, -0.2) is 42.0 Å². The molecule has 6 nitrogen and oxygen atoms in total. The van der Waals surface area contributed by atoms with Crippen LogP contribution in [0.3, 0.4) is 0 Å². The summed E-state index contributed by atoms with van der Waals surface area (Å²) in [5.74, 6) is 0.00143. The van der Waals surface area contributed by atoms with Gasteiger partial charge in [-0.3, -0.25) is 9.59 Å². The molecular formula is C23H27N3O3. The van der Waals surface area contributed by atoms with Crippen LogP contribution in [0, 0.1) is 0 Å². The van der Waals surface area contributed by atoms with Crippen LogP contribution in [0.1, 0.15) is 42.9 Å². The highest BCUT2D eigenvalue weighted by Gasteiger charge is 2.52. The summed E-state index contributed by atoms with van der Waals surface area (Å²) < 4.78 is 0. The molecule has 0 bridgehead atoms. The molecule has 1 aliphatic carbocycles. The monoisotopic (exact) mass is 393 g/mol. The average Bonchev–Trinajstić information content (AvgIpc) is 3.40. The van der Waals surface area contributed by atoms with Crippen molar-refractivity contribution in [2.45, 2.75) is 37.1 Å². The predicted molar refractivity (Wildman–Crippen MR) is 112 cm³/mol. The van der Waals surface area contributed by atoms with E-state index >= 15 is 0 Å². The molecule has 1 aliphatic heterocycles. The van der Waals surface area contributed by atoms with Gasteiger partial charge in [-0.2, -0.15) is 0 Å². The second-order valence-electron chi connectivity index (χ2n) is 8.02. The van der Waals surface area contributed by atoms with Gasteiger partial charge in [0.2, 0.25) is 12.3 Å². The summed E-state index contributed by atoms with van der Waals surface area (Å²) in [5, 5.41) is 15.7. The molecule has 2 aromatic rings. The number of carbonyl (C=O) groups excluding carboxylic acids is 2. The van der Waals surface area contributed by atoms with Gasteiger partial charge in [-0.25, -0.2) is 0 Å². The summed E-state index contributed by atoms with van der Waals surface area (Å²) in [6, 6.07) is 15.1. The van der Waals surface area contributed by atoms with Crippen molar-refractivity contribution in [3.05, 3.63) is 59.7 Å². The molecule has 0 aromatic heterocycles. The highest BCUT2D eigenvalue weighted by Crippen LogP contribution is 2.50. The van der Waals surface area contributed by atoms with Crippen LogP contribution in [0.25, 0.3) is 0 Å². The second-order valence-corrected chi connectivity index (χ2v) is 8.02. The topological polar surface area (TPSA) is 81.7 Å². The van der Waals surface area contributed by atoms with Crippen molar-refractivity contribution >= 4 is 18.0 Å². The minimum atomic E-state index is -0.592. The van der Waals surface area contributed by atoms with Gasteiger partial charge in [0.1, 0.15) is 5.75 Å². The van der Waals surface area contributed by atoms with Crippen LogP contribution < -0.4 is 10.6 Å². The maximum atomic E-state index is 13.4. The van der Waals surface area contributed by atoms with Gasteiger partial charge in [0.15, 0.2) is 0 Å². The Morgan fingerprint density at radius 3 is 2.52 bits per heavy atom. The Morgan fingerprint density at radius 1 is 1.14 bits per heavy atom. The molecule has 1 saturated heterocycles. The normalized spacial score (nSPS) is 18.8. The fraction of sp³-hybridized carbons (Fsp3) is 0.391. The van der Waals surface area contributed by atoms with Crippen molar-refractivity contribution in [2.24, 2.45) is 0 Å². The zero-order valence-electron chi connectivity index (χ0n) is 16.4. The number of benzene rings is 2. The number of rotatable bonds is 8. The third-order valence-electron chi connectivity index (χ3n) is 6.09. The van der Waals surface area contributed by atoms with Crippen LogP contribution in [0.15, 0.2) is 48.5 Å². The third-order valence-corrected chi connectivity index (χ3v) is 6.09. The van der Waals surface area contributed by atoms with E-state index in [0.29, 0.717) is 12.1 Å². The van der Waals surface area contributed by atoms with Crippen LogP contribution >= 0.6 is 0 Å². The smallest absolute Gasteiger partial charge is 0.231 e. The molecule has 29 heavy (non-hydrogen) atoms. The quantitative estimate of drug-likeness (QED) is 0.476. The molecule has 6 heteroatoms. The Morgan fingerprint density at radius 2 is 1.86 bits per heavy atom. The zero-order valence-corrected chi connectivity index (χ0v) is 16.4. The van der Waals surface area contributed by atoms with Crippen molar-refractivity contribution < 1.29 is 14.7 Å². The van der Waals surface area contributed by atoms with E-state index in [-0.39, 0.29) is 17.7 Å². The SMILES string of the molecule is O=CNc1cc(C2(C(=O)NC(CN3CCCC3)c3ccccc3)CC2)ccc1O. The molecule has 1 unspecified atom stereocenters. The first-order valence-electron chi connectivity index (χ1n) is 10.2. The summed E-state index contributed by atoms with van der Waals surface area (Å²) in [6.07, 6.45) is 4.46. The number of nitrogens with one attached hydrogen (secondary N) is 2. The average molecular weight is 393 g/mol. The van der Waals surface area contributed by atoms with E-state index in [1.165, 1.54) is 18.9 Å². The molecule has 3 N–H and O–H groups in total. The molecule has 1 atom stereocenters. The van der Waals surface area contributed by atoms with Crippen LogP contribution in [0.2, 0.25) is 0 Å². The van der Waals surface area contributed by atoms with Gasteiger partial charge >= 0.3 is 0 Å². The Balaban J connectivity index is 1.55. The van der Waals surface area contributed by atoms with Crippen molar-refractivity contribution in [2.75, 3.05) is 25.0 Å². The first-order valence-corrected chi connectivity index (χ1v) is 10.2. The predicted octanol–water partition coefficient (Wildman–Crippen LogP) is 2.95. The van der Waals surface area contributed by atoms with Gasteiger partial charge in [0.25, 0.3) is 0 Å². The number of phenols is 1. The Labute approximate surface area is 170 Å². The Bertz CT molecular complexity index is 874. The standard InChI is InChI=1S/C23H27N3O3/c27-16-24-19-14-18(8-9-21(19)28)23(10-11-23)22(29)25-20(15-26-12-4-5-13-26)17-6-2-1-3-7-17/h1-3,6-9,14,16,20,28H,4-5,10-13,15H2,(H,24,27)(H,25,29). The molecule has 1 saturated carbocycles. The second kappa shape index (κ2) is 8.25. The van der Waals surface area contributed by atoms with Crippen molar-refractivity contribution in [3.8, 4) is 5.75 Å². The first kappa shape index (κ1) is 19.5. The summed E-state index contributed by atoms with van der Waals surface area (Å²) in [7, 11) is 0. The van der Waals surface area contributed by atoms with E-state index in [2.05, 4.69) is 27.7 Å². The largest absolute Gasteiger partial charge is 0.506 e. The van der Waals surface area contributed by atoms with Crippen molar-refractivity contribution in [1.82, 2.24) is 10.2 Å². The number of aromatic hydroxyl groups is 1. The number of amides is 2. The molecule has 4 rings (SSSR count). The summed E-state index contributed by atoms with van der Waals surface area (Å²) in [4.78, 5) is 26.6. The summed E-state index contributed by atoms with van der Waals surface area (Å²) in [6.45, 7) is 2.95. The van der Waals surface area contributed by atoms with Crippen molar-refractivity contribution in [1.29, 1.82) is 0 Å². The maximum absolute atomic E-state index is 13.4. The number of likely N-dealkylation sites (tertiary alicyclic amines) is 1. The molecule has 152 valence electrons. The Hall–Kier alpha value is -2.86. The van der Waals surface area contributed by atoms with E-state index in [1.807, 2.05) is 18.2 Å². The number of hydrogen-bond acceptors (Lipinski definition) is 4. The van der Waals surface area contributed by atoms with Gasteiger partial charge < -0.3 is 20.6 Å². The number of phenolic OH excluding ortho intramolecular Hbond substituents is 1. The summed E-state index contributed by atoms with van der Waals surface area (Å²) >= 11 is 0. The van der Waals surface area contributed by atoms with Gasteiger partial charge in [-0.15, -0.1) is 0 Å². The van der Waals surface area contributed by atoms with E-state index < -0.39 is 5.41 Å². The van der Waals surface area contributed by atoms with E-state index in [4.69, 9.17) is 0 Å². The molecule has 0 spiro atoms. The van der Waals surface area contributed by atoms with Crippen LogP contribution in [-0.2, 0) is 15.0 Å². The highest BCUT2D eigenvalue weighted by atomic mass is 16.3. The van der Waals surface area contributed by atoms with Crippen LogP contribution in [0.4, 0.5) is 5.69 Å². The number of nitrogens with zero attached hydrogens (tertiary/aromatic N) is 1. The van der Waals surface area contributed by atoms with Crippen LogP contribution in [0.5, 0.6) is 5.75 Å².